The lowest BCUT2D eigenvalue weighted by molar-refractivity contribution is -0.767. The summed E-state index contributed by atoms with van der Waals surface area (Å²) in [5.41, 5.74) is 1.09. The summed E-state index contributed by atoms with van der Waals surface area (Å²) >= 11 is 0. The molecule has 2 rings (SSSR count). The van der Waals surface area contributed by atoms with E-state index >= 15 is 0 Å². The molecular weight excluding hydrogens is 556 g/mol. The zero-order valence-corrected chi connectivity index (χ0v) is 25.3. The van der Waals surface area contributed by atoms with Crippen LogP contribution in [0.5, 0.6) is 0 Å². The van der Waals surface area contributed by atoms with Crippen molar-refractivity contribution in [2.75, 3.05) is 13.2 Å². The predicted molar refractivity (Wildman–Crippen MR) is 161 cm³/mol. The van der Waals surface area contributed by atoms with Gasteiger partial charge in [0.15, 0.2) is 0 Å². The van der Waals surface area contributed by atoms with Crippen LogP contribution in [0, 0.1) is 22.0 Å². The maximum Gasteiger partial charge on any atom is 0.508 e. The minimum Gasteiger partial charge on any atom is -0.434 e. The molecule has 0 unspecified atom stereocenters. The van der Waals surface area contributed by atoms with E-state index in [2.05, 4.69) is 10.2 Å². The molecule has 3 N–H and O–H groups in total. The number of nitrogens with zero attached hydrogens (tertiary/aromatic N) is 1. The summed E-state index contributed by atoms with van der Waals surface area (Å²) in [6, 6.07) is 9.82. The van der Waals surface area contributed by atoms with Crippen molar-refractivity contribution in [1.82, 2.24) is 5.32 Å². The second-order valence-corrected chi connectivity index (χ2v) is 11.0. The number of aliphatic hydroxyl groups excluding tert-OH is 2. The summed E-state index contributed by atoms with van der Waals surface area (Å²) in [5, 5.41) is 33.7. The maximum atomic E-state index is 12.5. The molecule has 1 aromatic carbocycles. The average molecular weight is 605 g/mol. The molecule has 1 aliphatic carbocycles. The number of aryl methyl sites for hydroxylation is 1. The van der Waals surface area contributed by atoms with Crippen LogP contribution >= 0.6 is 0 Å². The first-order valence-electron chi connectivity index (χ1n) is 15.3. The summed E-state index contributed by atoms with van der Waals surface area (Å²) in [4.78, 5) is 38.9. The van der Waals surface area contributed by atoms with E-state index in [1.54, 1.807) is 13.0 Å². The maximum absolute atomic E-state index is 12.5. The molecular formula is C32H48N2O9. The van der Waals surface area contributed by atoms with Gasteiger partial charge < -0.3 is 29.8 Å². The molecule has 6 atom stereocenters. The lowest BCUT2D eigenvalue weighted by atomic mass is 9.89. The van der Waals surface area contributed by atoms with Crippen LogP contribution in [0.15, 0.2) is 54.6 Å². The molecule has 11 heteroatoms. The van der Waals surface area contributed by atoms with Crippen molar-refractivity contribution < 1.29 is 39.2 Å². The first-order chi connectivity index (χ1) is 20.7. The van der Waals surface area contributed by atoms with Crippen LogP contribution in [0.4, 0.5) is 4.79 Å². The number of nitrogens with one attached hydrogen (secondary N) is 1. The van der Waals surface area contributed by atoms with Crippen molar-refractivity contribution in [1.29, 1.82) is 0 Å². The topological polar surface area (TPSA) is 157 Å². The lowest BCUT2D eigenvalue weighted by Crippen LogP contribution is -2.22. The Morgan fingerprint density at radius 1 is 1.12 bits per heavy atom. The number of unbranched alkanes of at least 4 members (excludes halogenated alkanes) is 2. The van der Waals surface area contributed by atoms with Crippen LogP contribution in [0.2, 0.25) is 0 Å². The van der Waals surface area contributed by atoms with Crippen molar-refractivity contribution in [2.45, 2.75) is 102 Å². The molecule has 0 saturated heterocycles. The highest BCUT2D eigenvalue weighted by atomic mass is 17.0. The van der Waals surface area contributed by atoms with Crippen molar-refractivity contribution in [3.05, 3.63) is 70.3 Å². The molecule has 0 radical (unpaired) electrons. The quantitative estimate of drug-likeness (QED) is 0.0607. The van der Waals surface area contributed by atoms with Gasteiger partial charge in [-0.15, -0.1) is 10.1 Å². The molecule has 0 spiro atoms. The molecule has 1 aromatic rings. The molecule has 0 bridgehead atoms. The fourth-order valence-corrected chi connectivity index (χ4v) is 5.19. The second kappa shape index (κ2) is 20.5. The van der Waals surface area contributed by atoms with Gasteiger partial charge in [-0.1, -0.05) is 48.6 Å². The van der Waals surface area contributed by atoms with Crippen LogP contribution in [0.25, 0.3) is 0 Å². The van der Waals surface area contributed by atoms with Crippen LogP contribution in [0.3, 0.4) is 0 Å². The van der Waals surface area contributed by atoms with Crippen LogP contribution in [0.1, 0.15) is 77.2 Å². The van der Waals surface area contributed by atoms with Crippen LogP contribution in [-0.2, 0) is 25.5 Å². The first kappa shape index (κ1) is 35.8. The molecule has 240 valence electrons. The Hall–Kier alpha value is -3.44. The molecule has 11 nitrogen and oxygen atoms in total. The van der Waals surface area contributed by atoms with Gasteiger partial charge in [0.05, 0.1) is 18.8 Å². The fraction of sp³-hybridized carbons (Fsp3) is 0.625. The van der Waals surface area contributed by atoms with Gasteiger partial charge in [-0.25, -0.2) is 4.79 Å². The van der Waals surface area contributed by atoms with Gasteiger partial charge >= 0.3 is 6.16 Å². The van der Waals surface area contributed by atoms with Crippen LogP contribution < -0.4 is 5.32 Å². The van der Waals surface area contributed by atoms with E-state index < -0.39 is 35.7 Å². The number of hydrogen-bond acceptors (Lipinski definition) is 9. The van der Waals surface area contributed by atoms with E-state index in [1.165, 1.54) is 0 Å². The average Bonchev–Trinajstić information content (AvgIpc) is 3.23. The molecule has 0 heterocycles. The van der Waals surface area contributed by atoms with E-state index in [9.17, 15) is 29.9 Å². The summed E-state index contributed by atoms with van der Waals surface area (Å²) in [6.45, 7) is 4.24. The monoisotopic (exact) mass is 604 g/mol. The smallest absolute Gasteiger partial charge is 0.434 e. The van der Waals surface area contributed by atoms with E-state index in [1.807, 2.05) is 55.5 Å². The van der Waals surface area contributed by atoms with E-state index in [-0.39, 0.29) is 30.8 Å². The Morgan fingerprint density at radius 3 is 2.60 bits per heavy atom. The van der Waals surface area contributed by atoms with E-state index in [0.717, 1.165) is 18.4 Å². The van der Waals surface area contributed by atoms with Crippen LogP contribution in [-0.4, -0.2) is 64.9 Å². The van der Waals surface area contributed by atoms with Gasteiger partial charge in [0.1, 0.15) is 12.2 Å². The third-order valence-corrected chi connectivity index (χ3v) is 7.49. The Kier molecular flexibility index (Phi) is 17.0. The molecule has 1 amide bonds. The molecule has 1 saturated carbocycles. The normalized spacial score (nSPS) is 21.5. The van der Waals surface area contributed by atoms with Gasteiger partial charge in [-0.3, -0.25) is 4.79 Å². The van der Waals surface area contributed by atoms with Crippen molar-refractivity contribution >= 4 is 12.1 Å². The Bertz CT molecular complexity index is 1020. The standard InChI is InChI=1S/C32H48N2O9/c1-3-33-31(37)17-10-5-4-9-16-27-28(30(36)23-29(27)35)21-20-26(19-18-25-14-7-6-8-15-25)42-32(38)41-22-12-11-13-24(2)43-34(39)40/h4,6-9,14-15,20-21,24,26-30,35-36H,3,5,10-13,16-19,22-23H2,1-2H3,(H,33,37)/t24-,26+,27-,28-,29+,30-/m1/s1. The SMILES string of the molecule is CCNC(=O)CCCC=CC[C@@H]1[C@@H](C=C[C@H](CCc2ccccc2)OC(=O)OCCCC[C@@H](C)O[N+](=O)[O-])[C@H](O)C[C@@H]1O. The first-order valence-corrected chi connectivity index (χ1v) is 15.3. The van der Waals surface area contributed by atoms with Crippen molar-refractivity contribution in [3.63, 3.8) is 0 Å². The highest BCUT2D eigenvalue weighted by Crippen LogP contribution is 2.36. The number of hydrogen-bond donors (Lipinski definition) is 3. The second-order valence-electron chi connectivity index (χ2n) is 11.0. The lowest BCUT2D eigenvalue weighted by Gasteiger charge is -2.21. The summed E-state index contributed by atoms with van der Waals surface area (Å²) in [5.74, 6) is -0.454. The Morgan fingerprint density at radius 2 is 1.88 bits per heavy atom. The summed E-state index contributed by atoms with van der Waals surface area (Å²) in [7, 11) is 0. The van der Waals surface area contributed by atoms with Crippen molar-refractivity contribution in [2.24, 2.45) is 11.8 Å². The summed E-state index contributed by atoms with van der Waals surface area (Å²) in [6.07, 6.45) is 9.86. The van der Waals surface area contributed by atoms with Gasteiger partial charge in [0.2, 0.25) is 5.91 Å². The molecule has 1 aliphatic rings. The predicted octanol–water partition coefficient (Wildman–Crippen LogP) is 5.07. The minimum atomic E-state index is -0.815. The number of benzene rings is 1. The number of carbonyl (C=O) groups excluding carboxylic acids is 2. The third kappa shape index (κ3) is 15.0. The molecule has 0 aliphatic heterocycles. The third-order valence-electron chi connectivity index (χ3n) is 7.49. The highest BCUT2D eigenvalue weighted by molar-refractivity contribution is 5.75. The number of carbonyl (C=O) groups is 2. The van der Waals surface area contributed by atoms with Crippen molar-refractivity contribution in [3.8, 4) is 0 Å². The molecule has 1 fully saturated rings. The van der Waals surface area contributed by atoms with E-state index in [0.29, 0.717) is 51.5 Å². The van der Waals surface area contributed by atoms with Gasteiger partial charge in [0.25, 0.3) is 5.09 Å². The Balaban J connectivity index is 1.92. The zero-order chi connectivity index (χ0) is 31.5. The van der Waals surface area contributed by atoms with Gasteiger partial charge in [-0.05, 0) is 82.8 Å². The number of ether oxygens (including phenoxy) is 2. The van der Waals surface area contributed by atoms with E-state index in [4.69, 9.17) is 9.47 Å². The number of rotatable bonds is 20. The number of allylic oxidation sites excluding steroid dienone is 2. The Labute approximate surface area is 254 Å². The zero-order valence-electron chi connectivity index (χ0n) is 25.3. The molecule has 0 aromatic heterocycles. The molecule has 43 heavy (non-hydrogen) atoms. The minimum absolute atomic E-state index is 0.0401. The summed E-state index contributed by atoms with van der Waals surface area (Å²) < 4.78 is 10.9. The number of amides is 1. The fourth-order valence-electron chi connectivity index (χ4n) is 5.19. The number of aliphatic hydroxyl groups is 2. The highest BCUT2D eigenvalue weighted by Gasteiger charge is 2.39. The van der Waals surface area contributed by atoms with Gasteiger partial charge in [0, 0.05) is 25.3 Å². The van der Waals surface area contributed by atoms with Gasteiger partial charge in [-0.2, -0.15) is 0 Å². The largest absolute Gasteiger partial charge is 0.508 e.